The van der Waals surface area contributed by atoms with Crippen LogP contribution < -0.4 is 20.3 Å². The Morgan fingerprint density at radius 3 is 2.66 bits per heavy atom. The fraction of sp³-hybridized carbons (Fsp3) is 0.286. The zero-order chi connectivity index (χ0) is 26.2. The van der Waals surface area contributed by atoms with E-state index in [1.54, 1.807) is 7.11 Å². The highest BCUT2D eigenvalue weighted by molar-refractivity contribution is 7.21. The van der Waals surface area contributed by atoms with Crippen LogP contribution in [0.4, 0.5) is 27.7 Å². The van der Waals surface area contributed by atoms with Gasteiger partial charge in [-0.25, -0.2) is 19.7 Å². The lowest BCUT2D eigenvalue weighted by Crippen LogP contribution is -2.35. The summed E-state index contributed by atoms with van der Waals surface area (Å²) in [5.74, 6) is 0.646. The molecule has 4 heterocycles. The van der Waals surface area contributed by atoms with Gasteiger partial charge in [-0.1, -0.05) is 24.6 Å². The van der Waals surface area contributed by atoms with Crippen LogP contribution in [0.1, 0.15) is 40.1 Å². The van der Waals surface area contributed by atoms with Crippen molar-refractivity contribution >= 4 is 56.4 Å². The molecule has 2 aliphatic heterocycles. The standard InChI is InChI=1S/C28H28N6O3S/c1-17-6-11-21(37-2)20(14-17)34-25-22-23(32-28(34)36)24(38-27(22)30-16-29-25)26(35)31-19-9-7-18(8-10-19)15-33-12-4-3-5-13-33/h6-11,14,16H,3-5,12-13,15H2,1-2H3,(H,31,35)(H,32,36). The zero-order valence-electron chi connectivity index (χ0n) is 21.3. The first kappa shape index (κ1) is 24.3. The fourth-order valence-electron chi connectivity index (χ4n) is 5.08. The molecule has 6 rings (SSSR count). The van der Waals surface area contributed by atoms with E-state index < -0.39 is 6.03 Å². The second kappa shape index (κ2) is 10.0. The quantitative estimate of drug-likeness (QED) is 0.322. The third-order valence-electron chi connectivity index (χ3n) is 6.96. The molecule has 0 saturated carbocycles. The van der Waals surface area contributed by atoms with E-state index in [1.165, 1.54) is 47.4 Å². The highest BCUT2D eigenvalue weighted by Crippen LogP contribution is 2.46. The van der Waals surface area contributed by atoms with Gasteiger partial charge in [-0.05, 0) is 68.2 Å². The molecule has 10 heteroatoms. The number of likely N-dealkylation sites (tertiary alicyclic amines) is 1. The SMILES string of the molecule is COc1ccc(C)cc1N1C(=O)Nc2c(C(=O)Nc3ccc(CN4CCCCC4)cc3)sc3ncnc1c23. The molecular formula is C28H28N6O3S. The second-order valence-electron chi connectivity index (χ2n) is 9.61. The Kier molecular flexibility index (Phi) is 6.42. The topological polar surface area (TPSA) is 99.7 Å². The molecule has 0 unspecified atom stereocenters. The maximum absolute atomic E-state index is 13.4. The molecule has 194 valence electrons. The zero-order valence-corrected chi connectivity index (χ0v) is 22.1. The van der Waals surface area contributed by atoms with Crippen molar-refractivity contribution in [3.05, 3.63) is 64.8 Å². The lowest BCUT2D eigenvalue weighted by Gasteiger charge is -2.28. The third kappa shape index (κ3) is 4.46. The first-order chi connectivity index (χ1) is 18.5. The van der Waals surface area contributed by atoms with E-state index in [1.807, 2.05) is 37.3 Å². The largest absolute Gasteiger partial charge is 0.495 e. The molecule has 4 aromatic rings. The van der Waals surface area contributed by atoms with Crippen molar-refractivity contribution in [1.82, 2.24) is 14.9 Å². The normalized spacial score (nSPS) is 15.4. The molecule has 2 N–H and O–H groups in total. The molecular weight excluding hydrogens is 500 g/mol. The molecule has 1 saturated heterocycles. The Labute approximate surface area is 224 Å². The summed E-state index contributed by atoms with van der Waals surface area (Å²) in [6.45, 7) is 5.14. The Morgan fingerprint density at radius 2 is 1.89 bits per heavy atom. The number of thiophene rings is 1. The number of rotatable bonds is 6. The molecule has 38 heavy (non-hydrogen) atoms. The minimum Gasteiger partial charge on any atom is -0.495 e. The maximum atomic E-state index is 13.4. The number of nitrogens with zero attached hydrogens (tertiary/aromatic N) is 4. The molecule has 0 spiro atoms. The maximum Gasteiger partial charge on any atom is 0.332 e. The number of ether oxygens (including phenoxy) is 1. The Balaban J connectivity index is 1.29. The highest BCUT2D eigenvalue weighted by Gasteiger charge is 2.35. The molecule has 2 aliphatic rings. The van der Waals surface area contributed by atoms with Crippen LogP contribution in [-0.4, -0.2) is 47.0 Å². The van der Waals surface area contributed by atoms with Crippen molar-refractivity contribution in [2.24, 2.45) is 0 Å². The highest BCUT2D eigenvalue weighted by atomic mass is 32.1. The number of urea groups is 1. The number of nitrogens with one attached hydrogen (secondary N) is 2. The molecule has 0 atom stereocenters. The van der Waals surface area contributed by atoms with Crippen molar-refractivity contribution in [2.75, 3.05) is 35.7 Å². The number of benzene rings is 2. The average Bonchev–Trinajstić information content (AvgIpc) is 3.30. The van der Waals surface area contributed by atoms with E-state index in [4.69, 9.17) is 4.74 Å². The van der Waals surface area contributed by atoms with Crippen molar-refractivity contribution in [1.29, 1.82) is 0 Å². The first-order valence-electron chi connectivity index (χ1n) is 12.7. The van der Waals surface area contributed by atoms with Crippen LogP contribution in [0.25, 0.3) is 10.2 Å². The van der Waals surface area contributed by atoms with E-state index in [9.17, 15) is 9.59 Å². The van der Waals surface area contributed by atoms with Gasteiger partial charge in [0, 0.05) is 12.2 Å². The van der Waals surface area contributed by atoms with Crippen LogP contribution in [-0.2, 0) is 6.54 Å². The minimum absolute atomic E-state index is 0.306. The number of aromatic nitrogens is 2. The van der Waals surface area contributed by atoms with E-state index in [0.29, 0.717) is 43.7 Å². The van der Waals surface area contributed by atoms with Gasteiger partial charge in [0.1, 0.15) is 21.8 Å². The third-order valence-corrected chi connectivity index (χ3v) is 8.06. The van der Waals surface area contributed by atoms with Gasteiger partial charge in [-0.15, -0.1) is 11.3 Å². The van der Waals surface area contributed by atoms with Crippen molar-refractivity contribution in [3.8, 4) is 5.75 Å². The van der Waals surface area contributed by atoms with Gasteiger partial charge < -0.3 is 15.4 Å². The number of aryl methyl sites for hydroxylation is 1. The number of hydrogen-bond acceptors (Lipinski definition) is 7. The Morgan fingerprint density at radius 1 is 1.11 bits per heavy atom. The van der Waals surface area contributed by atoms with Gasteiger partial charge in [0.05, 0.1) is 23.9 Å². The van der Waals surface area contributed by atoms with Gasteiger partial charge >= 0.3 is 6.03 Å². The lowest BCUT2D eigenvalue weighted by molar-refractivity contribution is 0.103. The first-order valence-corrected chi connectivity index (χ1v) is 13.5. The predicted molar refractivity (Wildman–Crippen MR) is 150 cm³/mol. The van der Waals surface area contributed by atoms with Crippen LogP contribution in [0.2, 0.25) is 0 Å². The molecule has 2 aromatic carbocycles. The smallest absolute Gasteiger partial charge is 0.332 e. The number of carbonyl (C=O) groups excluding carboxylic acids is 2. The molecule has 1 fully saturated rings. The lowest BCUT2D eigenvalue weighted by atomic mass is 10.1. The number of hydrogen-bond donors (Lipinski definition) is 2. The van der Waals surface area contributed by atoms with Crippen LogP contribution in [0.3, 0.4) is 0 Å². The van der Waals surface area contributed by atoms with E-state index >= 15 is 0 Å². The van der Waals surface area contributed by atoms with Crippen LogP contribution >= 0.6 is 11.3 Å². The van der Waals surface area contributed by atoms with Crippen LogP contribution in [0, 0.1) is 6.92 Å². The molecule has 0 radical (unpaired) electrons. The van der Waals surface area contributed by atoms with Gasteiger partial charge in [0.25, 0.3) is 5.91 Å². The Bertz CT molecular complexity index is 1530. The van der Waals surface area contributed by atoms with E-state index in [-0.39, 0.29) is 5.91 Å². The number of amides is 3. The monoisotopic (exact) mass is 528 g/mol. The second-order valence-corrected chi connectivity index (χ2v) is 10.6. The average molecular weight is 529 g/mol. The van der Waals surface area contributed by atoms with Crippen molar-refractivity contribution < 1.29 is 14.3 Å². The van der Waals surface area contributed by atoms with Crippen molar-refractivity contribution in [2.45, 2.75) is 32.7 Å². The summed E-state index contributed by atoms with van der Waals surface area (Å²) < 4.78 is 5.52. The summed E-state index contributed by atoms with van der Waals surface area (Å²) in [7, 11) is 1.56. The van der Waals surface area contributed by atoms with Gasteiger partial charge in [-0.2, -0.15) is 0 Å². The minimum atomic E-state index is -0.420. The number of piperidine rings is 1. The molecule has 0 aliphatic carbocycles. The Hall–Kier alpha value is -4.02. The molecule has 2 aromatic heterocycles. The molecule has 9 nitrogen and oxygen atoms in total. The summed E-state index contributed by atoms with van der Waals surface area (Å²) in [5, 5.41) is 6.51. The fourth-order valence-corrected chi connectivity index (χ4v) is 6.07. The number of carbonyl (C=O) groups is 2. The van der Waals surface area contributed by atoms with Gasteiger partial charge in [0.2, 0.25) is 0 Å². The number of methoxy groups -OCH3 is 1. The predicted octanol–water partition coefficient (Wildman–Crippen LogP) is 5.93. The van der Waals surface area contributed by atoms with Gasteiger partial charge in [-0.3, -0.25) is 9.69 Å². The number of anilines is 4. The van der Waals surface area contributed by atoms with E-state index in [0.717, 1.165) is 25.2 Å². The summed E-state index contributed by atoms with van der Waals surface area (Å²) in [5.41, 5.74) is 3.88. The molecule has 0 bridgehead atoms. The molecule has 3 amide bonds. The summed E-state index contributed by atoms with van der Waals surface area (Å²) >= 11 is 1.23. The summed E-state index contributed by atoms with van der Waals surface area (Å²) in [6.07, 6.45) is 5.23. The van der Waals surface area contributed by atoms with E-state index in [2.05, 4.69) is 37.6 Å². The summed E-state index contributed by atoms with van der Waals surface area (Å²) in [4.78, 5) is 40.5. The van der Waals surface area contributed by atoms with Gasteiger partial charge in [0.15, 0.2) is 5.82 Å². The summed E-state index contributed by atoms with van der Waals surface area (Å²) in [6, 6.07) is 13.1. The van der Waals surface area contributed by atoms with Crippen LogP contribution in [0.5, 0.6) is 5.75 Å². The van der Waals surface area contributed by atoms with Crippen molar-refractivity contribution in [3.63, 3.8) is 0 Å². The van der Waals surface area contributed by atoms with Crippen LogP contribution in [0.15, 0.2) is 48.8 Å².